The van der Waals surface area contributed by atoms with E-state index in [9.17, 15) is 19.0 Å². The average molecular weight is 1180 g/mol. The number of phosphoric ester groups is 1. The van der Waals surface area contributed by atoms with Crippen LogP contribution in [0, 0.1) is 0 Å². The fourth-order valence-corrected chi connectivity index (χ4v) is 10.4. The highest BCUT2D eigenvalue weighted by Gasteiger charge is 2.27. The van der Waals surface area contributed by atoms with Gasteiger partial charge in [-0.1, -0.05) is 279 Å². The quantitative estimate of drug-likeness (QED) is 0.0212. The van der Waals surface area contributed by atoms with Crippen LogP contribution in [0.4, 0.5) is 0 Å². The molecule has 0 heterocycles. The Balaban J connectivity index is 5.04. The van der Waals surface area contributed by atoms with Crippen LogP contribution in [0.5, 0.6) is 0 Å². The molecule has 0 aromatic carbocycles. The SMILES string of the molecule is CC/C=C\C/C=C\C/C=C\C/C=C\C/C=C\CCCCCCCCCCCCCC(=O)NC(COP(=O)([O-])OCC[N+](C)(C)C)C(/C=C\CCCCCCCCCCC)OC(=O)CCCCCCCCCCC/C=C\C/C=C\CCCCC. The molecule has 1 amide bonds. The van der Waals surface area contributed by atoms with E-state index in [0.717, 1.165) is 122 Å². The van der Waals surface area contributed by atoms with Gasteiger partial charge in [0.2, 0.25) is 5.91 Å². The summed E-state index contributed by atoms with van der Waals surface area (Å²) in [6.07, 6.45) is 83.8. The molecule has 480 valence electrons. The van der Waals surface area contributed by atoms with E-state index in [4.69, 9.17) is 13.8 Å². The lowest BCUT2D eigenvalue weighted by Gasteiger charge is -2.30. The van der Waals surface area contributed by atoms with Crippen molar-refractivity contribution in [2.45, 2.75) is 315 Å². The van der Waals surface area contributed by atoms with Crippen molar-refractivity contribution in [2.75, 3.05) is 40.9 Å². The molecule has 0 aromatic heterocycles. The predicted octanol–water partition coefficient (Wildman–Crippen LogP) is 21.3. The minimum atomic E-state index is -4.71. The molecular formula is C73H131N2O7P. The van der Waals surface area contributed by atoms with Crippen molar-refractivity contribution in [3.05, 3.63) is 97.2 Å². The van der Waals surface area contributed by atoms with Gasteiger partial charge in [0.1, 0.15) is 19.3 Å². The number of nitrogens with one attached hydrogen (secondary N) is 1. The number of allylic oxidation sites excluding steroid dienone is 15. The number of amides is 1. The number of nitrogens with zero attached hydrogens (tertiary/aromatic N) is 1. The summed E-state index contributed by atoms with van der Waals surface area (Å²) in [6, 6.07) is -0.897. The fourth-order valence-electron chi connectivity index (χ4n) is 9.70. The van der Waals surface area contributed by atoms with Crippen LogP contribution in [0.1, 0.15) is 303 Å². The van der Waals surface area contributed by atoms with E-state index in [-0.39, 0.29) is 24.9 Å². The van der Waals surface area contributed by atoms with Crippen LogP contribution in [0.15, 0.2) is 97.2 Å². The van der Waals surface area contributed by atoms with Gasteiger partial charge in [0, 0.05) is 12.8 Å². The topological polar surface area (TPSA) is 114 Å². The summed E-state index contributed by atoms with van der Waals surface area (Å²) < 4.78 is 30.4. The van der Waals surface area contributed by atoms with Gasteiger partial charge in [-0.15, -0.1) is 0 Å². The number of hydrogen-bond donors (Lipinski definition) is 1. The minimum Gasteiger partial charge on any atom is -0.756 e. The molecule has 0 aliphatic carbocycles. The van der Waals surface area contributed by atoms with Gasteiger partial charge in [-0.25, -0.2) is 0 Å². The lowest BCUT2D eigenvalue weighted by molar-refractivity contribution is -0.870. The van der Waals surface area contributed by atoms with E-state index in [0.29, 0.717) is 17.4 Å². The molecule has 0 saturated heterocycles. The van der Waals surface area contributed by atoms with E-state index in [2.05, 4.69) is 111 Å². The maximum absolute atomic E-state index is 13.6. The van der Waals surface area contributed by atoms with E-state index in [1.807, 2.05) is 33.3 Å². The lowest BCUT2D eigenvalue weighted by Crippen LogP contribution is -2.47. The number of esters is 1. The molecule has 9 nitrogen and oxygen atoms in total. The summed E-state index contributed by atoms with van der Waals surface area (Å²) >= 11 is 0. The Bertz CT molecular complexity index is 1740. The Morgan fingerprint density at radius 1 is 0.434 bits per heavy atom. The Kier molecular flexibility index (Phi) is 59.7. The number of likely N-dealkylation sites (N-methyl/N-ethyl adjacent to an activating group) is 1. The summed E-state index contributed by atoms with van der Waals surface area (Å²) in [4.78, 5) is 40.1. The molecule has 83 heavy (non-hydrogen) atoms. The monoisotopic (exact) mass is 1180 g/mol. The van der Waals surface area contributed by atoms with Crippen LogP contribution in [-0.2, 0) is 27.9 Å². The van der Waals surface area contributed by atoms with Gasteiger partial charge in [0.05, 0.1) is 33.8 Å². The van der Waals surface area contributed by atoms with Crippen molar-refractivity contribution in [1.29, 1.82) is 0 Å². The standard InChI is InChI=1S/C73H131N2O7P/c1-7-10-13-16-19-22-25-27-29-31-33-34-35-36-37-38-39-40-42-43-45-47-50-53-56-59-62-65-72(76)74-70(69-81-83(78,79)80-68-67-75(4,5)6)71(64-61-58-55-52-49-24-21-18-15-12-9-3)82-73(77)66-63-60-57-54-51-48-46-44-41-32-30-28-26-23-20-17-14-11-8-2/h10,13,19-20,22-23,27-30,33-34,36-37,61,64,70-71H,7-9,11-12,14-18,21,24-26,31-32,35,38-60,62-63,65-69H2,1-6H3,(H-,74,76,78,79)/b13-10-,22-19-,23-20-,29-27-,30-28-,34-33-,37-36-,64-61-. The molecule has 0 radical (unpaired) electrons. The molecule has 10 heteroatoms. The molecule has 0 rings (SSSR count). The van der Waals surface area contributed by atoms with Crippen molar-refractivity contribution in [1.82, 2.24) is 5.32 Å². The number of quaternary nitrogens is 1. The van der Waals surface area contributed by atoms with Crippen LogP contribution in [0.25, 0.3) is 0 Å². The van der Waals surface area contributed by atoms with Crippen molar-refractivity contribution in [3.8, 4) is 0 Å². The second-order valence-electron chi connectivity index (χ2n) is 24.3. The lowest BCUT2D eigenvalue weighted by atomic mass is 10.0. The average Bonchev–Trinajstić information content (AvgIpc) is 3.51. The zero-order chi connectivity index (χ0) is 60.7. The Hall–Kier alpha value is -3.07. The Morgan fingerprint density at radius 2 is 0.771 bits per heavy atom. The molecular weight excluding hydrogens is 1050 g/mol. The van der Waals surface area contributed by atoms with Gasteiger partial charge in [-0.2, -0.15) is 0 Å². The van der Waals surface area contributed by atoms with Crippen molar-refractivity contribution >= 4 is 19.7 Å². The highest BCUT2D eigenvalue weighted by molar-refractivity contribution is 7.45. The fraction of sp³-hybridized carbons (Fsp3) is 0.753. The van der Waals surface area contributed by atoms with Crippen molar-refractivity contribution < 1.29 is 37.3 Å². The third-order valence-electron chi connectivity index (χ3n) is 15.0. The van der Waals surface area contributed by atoms with E-state index in [1.165, 1.54) is 148 Å². The summed E-state index contributed by atoms with van der Waals surface area (Å²) in [5, 5.41) is 3.04. The summed E-state index contributed by atoms with van der Waals surface area (Å²) in [7, 11) is 1.18. The molecule has 0 aliphatic heterocycles. The van der Waals surface area contributed by atoms with Crippen molar-refractivity contribution in [3.63, 3.8) is 0 Å². The van der Waals surface area contributed by atoms with E-state index >= 15 is 0 Å². The summed E-state index contributed by atoms with van der Waals surface area (Å²) in [6.45, 7) is 6.71. The zero-order valence-electron chi connectivity index (χ0n) is 54.9. The van der Waals surface area contributed by atoms with Gasteiger partial charge < -0.3 is 28.5 Å². The van der Waals surface area contributed by atoms with Crippen LogP contribution in [-0.4, -0.2) is 69.4 Å². The summed E-state index contributed by atoms with van der Waals surface area (Å²) in [5.41, 5.74) is 0. The number of unbranched alkanes of at least 4 members (excludes halogenated alkanes) is 32. The molecule has 1 N–H and O–H groups in total. The van der Waals surface area contributed by atoms with E-state index in [1.54, 1.807) is 0 Å². The zero-order valence-corrected chi connectivity index (χ0v) is 55.8. The Labute approximate surface area is 513 Å². The van der Waals surface area contributed by atoms with Gasteiger partial charge in [0.25, 0.3) is 7.82 Å². The number of rotatable bonds is 62. The summed E-state index contributed by atoms with van der Waals surface area (Å²) in [5.74, 6) is -0.547. The van der Waals surface area contributed by atoms with Gasteiger partial charge in [-0.05, 0) is 109 Å². The molecule has 3 unspecified atom stereocenters. The van der Waals surface area contributed by atoms with E-state index < -0.39 is 26.6 Å². The van der Waals surface area contributed by atoms with Gasteiger partial charge in [0.15, 0.2) is 0 Å². The Morgan fingerprint density at radius 3 is 1.18 bits per heavy atom. The molecule has 0 saturated carbocycles. The van der Waals surface area contributed by atoms with Crippen LogP contribution < -0.4 is 10.2 Å². The molecule has 3 atom stereocenters. The van der Waals surface area contributed by atoms with Gasteiger partial charge >= 0.3 is 5.97 Å². The van der Waals surface area contributed by atoms with Gasteiger partial charge in [-0.3, -0.25) is 14.2 Å². The highest BCUT2D eigenvalue weighted by Crippen LogP contribution is 2.38. The molecule has 0 aliphatic rings. The number of phosphoric acid groups is 1. The number of hydrogen-bond acceptors (Lipinski definition) is 7. The third kappa shape index (κ3) is 63.3. The van der Waals surface area contributed by atoms with Crippen LogP contribution in [0.2, 0.25) is 0 Å². The first-order valence-electron chi connectivity index (χ1n) is 34.5. The first-order chi connectivity index (χ1) is 40.4. The number of carbonyl (C=O) groups is 2. The number of ether oxygens (including phenoxy) is 1. The second-order valence-corrected chi connectivity index (χ2v) is 25.7. The second kappa shape index (κ2) is 62.0. The smallest absolute Gasteiger partial charge is 0.306 e. The number of carbonyl (C=O) groups excluding carboxylic acids is 2. The van der Waals surface area contributed by atoms with Crippen LogP contribution >= 0.6 is 7.82 Å². The molecule has 0 aromatic rings. The normalized spacial score (nSPS) is 14.2. The molecule has 0 bridgehead atoms. The maximum atomic E-state index is 13.6. The van der Waals surface area contributed by atoms with Crippen LogP contribution in [0.3, 0.4) is 0 Å². The third-order valence-corrected chi connectivity index (χ3v) is 16.0. The minimum absolute atomic E-state index is 0.0269. The molecule has 0 fully saturated rings. The first-order valence-corrected chi connectivity index (χ1v) is 36.0. The predicted molar refractivity (Wildman–Crippen MR) is 358 cm³/mol. The first kappa shape index (κ1) is 79.9. The highest BCUT2D eigenvalue weighted by atomic mass is 31.2. The maximum Gasteiger partial charge on any atom is 0.306 e. The largest absolute Gasteiger partial charge is 0.756 e. The van der Waals surface area contributed by atoms with Crippen molar-refractivity contribution in [2.24, 2.45) is 0 Å². The molecule has 0 spiro atoms.